The van der Waals surface area contributed by atoms with Crippen molar-refractivity contribution in [2.45, 2.75) is 84.7 Å². The van der Waals surface area contributed by atoms with Gasteiger partial charge >= 0.3 is 0 Å². The lowest BCUT2D eigenvalue weighted by Crippen LogP contribution is -2.42. The molecule has 2 nitrogen and oxygen atoms in total. The van der Waals surface area contributed by atoms with Gasteiger partial charge in [0, 0.05) is 18.6 Å². The molecule has 0 aromatic rings. The molecule has 2 unspecified atom stereocenters. The van der Waals surface area contributed by atoms with E-state index < -0.39 is 0 Å². The number of nitrogens with one attached hydrogen (secondary N) is 1. The molecule has 124 valence electrons. The largest absolute Gasteiger partial charge is 0.377 e. The van der Waals surface area contributed by atoms with E-state index in [1.165, 1.54) is 64.3 Å². The summed E-state index contributed by atoms with van der Waals surface area (Å²) < 4.78 is 6.19. The fraction of sp³-hybridized carbons (Fsp3) is 1.00. The Balaban J connectivity index is 1.83. The zero-order valence-electron chi connectivity index (χ0n) is 14.6. The number of unbranched alkanes of at least 4 members (excludes halogenated alkanes) is 4. The molecule has 2 aliphatic rings. The first-order valence-electron chi connectivity index (χ1n) is 9.50. The Morgan fingerprint density at radius 2 is 1.90 bits per heavy atom. The van der Waals surface area contributed by atoms with Crippen LogP contribution in [0.3, 0.4) is 0 Å². The van der Waals surface area contributed by atoms with Crippen molar-refractivity contribution < 1.29 is 4.74 Å². The van der Waals surface area contributed by atoms with Gasteiger partial charge in [-0.15, -0.1) is 0 Å². The molecule has 0 bridgehead atoms. The predicted molar refractivity (Wildman–Crippen MR) is 90.6 cm³/mol. The van der Waals surface area contributed by atoms with Gasteiger partial charge < -0.3 is 10.1 Å². The first kappa shape index (κ1) is 17.3. The van der Waals surface area contributed by atoms with E-state index in [0.717, 1.165) is 25.0 Å². The van der Waals surface area contributed by atoms with Gasteiger partial charge in [-0.2, -0.15) is 0 Å². The summed E-state index contributed by atoms with van der Waals surface area (Å²) in [6, 6.07) is 0. The quantitative estimate of drug-likeness (QED) is 0.554. The summed E-state index contributed by atoms with van der Waals surface area (Å²) in [5, 5.41) is 3.75. The molecule has 0 aromatic carbocycles. The van der Waals surface area contributed by atoms with Crippen LogP contribution in [0.4, 0.5) is 0 Å². The van der Waals surface area contributed by atoms with Crippen molar-refractivity contribution in [3.63, 3.8) is 0 Å². The van der Waals surface area contributed by atoms with E-state index in [1.807, 2.05) is 0 Å². The Kier molecular flexibility index (Phi) is 7.01. The molecule has 21 heavy (non-hydrogen) atoms. The van der Waals surface area contributed by atoms with Crippen LogP contribution in [0, 0.1) is 17.3 Å². The van der Waals surface area contributed by atoms with Crippen LogP contribution in [0.25, 0.3) is 0 Å². The molecule has 1 aliphatic carbocycles. The second-order valence-electron chi connectivity index (χ2n) is 7.93. The van der Waals surface area contributed by atoms with Crippen molar-refractivity contribution in [2.24, 2.45) is 17.3 Å². The smallest absolute Gasteiger partial charge is 0.0672 e. The summed E-state index contributed by atoms with van der Waals surface area (Å²) in [6.45, 7) is 10.2. The molecule has 1 aliphatic heterocycles. The Morgan fingerprint density at radius 3 is 2.57 bits per heavy atom. The number of hydrogen-bond donors (Lipinski definition) is 1. The molecular weight excluding hydrogens is 258 g/mol. The Morgan fingerprint density at radius 1 is 1.14 bits per heavy atom. The summed E-state index contributed by atoms with van der Waals surface area (Å²) >= 11 is 0. The van der Waals surface area contributed by atoms with Crippen LogP contribution in [-0.2, 0) is 4.74 Å². The molecule has 2 heteroatoms. The standard InChI is InChI=1S/C19H37NO/c1-4-5-6-7-8-11-19(15-20-14-16(2)3)12-13-21-18(19)17-9-10-17/h16-18,20H,4-15H2,1-3H3. The molecule has 0 spiro atoms. The van der Waals surface area contributed by atoms with Crippen molar-refractivity contribution in [3.8, 4) is 0 Å². The van der Waals surface area contributed by atoms with Crippen molar-refractivity contribution in [1.82, 2.24) is 5.32 Å². The maximum Gasteiger partial charge on any atom is 0.0672 e. The van der Waals surface area contributed by atoms with Gasteiger partial charge in [-0.3, -0.25) is 0 Å². The zero-order chi connectivity index (χ0) is 15.1. The molecule has 1 saturated heterocycles. The molecule has 2 rings (SSSR count). The lowest BCUT2D eigenvalue weighted by molar-refractivity contribution is 0.0250. The van der Waals surface area contributed by atoms with Gasteiger partial charge in [-0.1, -0.05) is 52.9 Å². The summed E-state index contributed by atoms with van der Waals surface area (Å²) in [6.07, 6.45) is 13.0. The highest BCUT2D eigenvalue weighted by molar-refractivity contribution is 5.00. The molecule has 2 atom stereocenters. The minimum Gasteiger partial charge on any atom is -0.377 e. The summed E-state index contributed by atoms with van der Waals surface area (Å²) in [5.41, 5.74) is 0.447. The topological polar surface area (TPSA) is 21.3 Å². The SMILES string of the molecule is CCCCCCCC1(CNCC(C)C)CCOC1C1CC1. The number of hydrogen-bond acceptors (Lipinski definition) is 2. The average Bonchev–Trinajstić information content (AvgIpc) is 3.20. The fourth-order valence-electron chi connectivity index (χ4n) is 3.98. The minimum atomic E-state index is 0.447. The normalized spacial score (nSPS) is 29.4. The van der Waals surface area contributed by atoms with Gasteiger partial charge in [-0.05, 0) is 44.1 Å². The molecular formula is C19H37NO. The van der Waals surface area contributed by atoms with Crippen LogP contribution in [-0.4, -0.2) is 25.8 Å². The maximum absolute atomic E-state index is 6.19. The minimum absolute atomic E-state index is 0.447. The van der Waals surface area contributed by atoms with E-state index in [2.05, 4.69) is 26.1 Å². The first-order valence-corrected chi connectivity index (χ1v) is 9.50. The number of rotatable bonds is 11. The predicted octanol–water partition coefficient (Wildman–Crippen LogP) is 4.78. The van der Waals surface area contributed by atoms with Crippen LogP contribution in [0.15, 0.2) is 0 Å². The van der Waals surface area contributed by atoms with Gasteiger partial charge in [0.25, 0.3) is 0 Å². The van der Waals surface area contributed by atoms with Crippen LogP contribution < -0.4 is 5.32 Å². The second-order valence-corrected chi connectivity index (χ2v) is 7.93. The highest BCUT2D eigenvalue weighted by Crippen LogP contribution is 2.50. The third-order valence-electron chi connectivity index (χ3n) is 5.36. The summed E-state index contributed by atoms with van der Waals surface area (Å²) in [4.78, 5) is 0. The van der Waals surface area contributed by atoms with Gasteiger partial charge in [0.1, 0.15) is 0 Å². The van der Waals surface area contributed by atoms with Gasteiger partial charge in [-0.25, -0.2) is 0 Å². The molecule has 1 N–H and O–H groups in total. The van der Waals surface area contributed by atoms with Gasteiger partial charge in [0.15, 0.2) is 0 Å². The Labute approximate surface area is 132 Å². The number of ether oxygens (including phenoxy) is 1. The first-order chi connectivity index (χ1) is 10.2. The Hall–Kier alpha value is -0.0800. The van der Waals surface area contributed by atoms with Crippen LogP contribution in [0.5, 0.6) is 0 Å². The van der Waals surface area contributed by atoms with Crippen molar-refractivity contribution in [3.05, 3.63) is 0 Å². The lowest BCUT2D eigenvalue weighted by atomic mass is 9.74. The van der Waals surface area contributed by atoms with Gasteiger partial charge in [0.05, 0.1) is 6.10 Å². The molecule has 2 fully saturated rings. The average molecular weight is 296 g/mol. The zero-order valence-corrected chi connectivity index (χ0v) is 14.6. The van der Waals surface area contributed by atoms with Crippen LogP contribution in [0.1, 0.15) is 78.6 Å². The highest BCUT2D eigenvalue weighted by atomic mass is 16.5. The fourth-order valence-corrected chi connectivity index (χ4v) is 3.98. The van der Waals surface area contributed by atoms with E-state index in [4.69, 9.17) is 4.74 Å². The maximum atomic E-state index is 6.19. The summed E-state index contributed by atoms with van der Waals surface area (Å²) in [5.74, 6) is 1.62. The van der Waals surface area contributed by atoms with Crippen molar-refractivity contribution in [2.75, 3.05) is 19.7 Å². The monoisotopic (exact) mass is 295 g/mol. The molecule has 1 heterocycles. The summed E-state index contributed by atoms with van der Waals surface area (Å²) in [7, 11) is 0. The van der Waals surface area contributed by atoms with E-state index in [1.54, 1.807) is 0 Å². The third kappa shape index (κ3) is 5.25. The second kappa shape index (κ2) is 8.53. The molecule has 1 saturated carbocycles. The molecule has 0 amide bonds. The Bertz CT molecular complexity index is 287. The third-order valence-corrected chi connectivity index (χ3v) is 5.36. The van der Waals surface area contributed by atoms with Crippen LogP contribution in [0.2, 0.25) is 0 Å². The highest BCUT2D eigenvalue weighted by Gasteiger charge is 2.50. The van der Waals surface area contributed by atoms with E-state index in [0.29, 0.717) is 11.5 Å². The van der Waals surface area contributed by atoms with Crippen molar-refractivity contribution in [1.29, 1.82) is 0 Å². The molecule has 0 radical (unpaired) electrons. The van der Waals surface area contributed by atoms with E-state index >= 15 is 0 Å². The molecule has 0 aromatic heterocycles. The van der Waals surface area contributed by atoms with Gasteiger partial charge in [0.2, 0.25) is 0 Å². The lowest BCUT2D eigenvalue weighted by Gasteiger charge is -2.35. The van der Waals surface area contributed by atoms with E-state index in [-0.39, 0.29) is 0 Å². The van der Waals surface area contributed by atoms with E-state index in [9.17, 15) is 0 Å². The van der Waals surface area contributed by atoms with Crippen molar-refractivity contribution >= 4 is 0 Å². The van der Waals surface area contributed by atoms with Crippen LogP contribution >= 0.6 is 0 Å².